The number of hydrogen-bond acceptors (Lipinski definition) is 3. The summed E-state index contributed by atoms with van der Waals surface area (Å²) in [6, 6.07) is 6.18. The Morgan fingerprint density at radius 3 is 3.00 bits per heavy atom. The second-order valence-corrected chi connectivity index (χ2v) is 5.68. The van der Waals surface area contributed by atoms with Gasteiger partial charge in [0.2, 0.25) is 0 Å². The molecule has 1 aromatic carbocycles. The number of nitrogens with zero attached hydrogens (tertiary/aromatic N) is 1. The van der Waals surface area contributed by atoms with Crippen LogP contribution in [0.1, 0.15) is 23.9 Å². The Kier molecular flexibility index (Phi) is 3.43. The predicted molar refractivity (Wildman–Crippen MR) is 69.5 cm³/mol. The van der Waals surface area contributed by atoms with Crippen LogP contribution in [0.15, 0.2) is 18.2 Å². The second kappa shape index (κ2) is 4.84. The number of fused-ring (bicyclic) bond motifs is 1. The zero-order chi connectivity index (χ0) is 12.4. The van der Waals surface area contributed by atoms with E-state index in [2.05, 4.69) is 11.1 Å². The fourth-order valence-corrected chi connectivity index (χ4v) is 2.87. The van der Waals surface area contributed by atoms with Crippen LogP contribution >= 0.6 is 11.3 Å². The van der Waals surface area contributed by atoms with Gasteiger partial charge in [0.1, 0.15) is 0 Å². The maximum absolute atomic E-state index is 10.6. The largest absolute Gasteiger partial charge is 0.481 e. The minimum absolute atomic E-state index is 0.166. The van der Waals surface area contributed by atoms with Crippen molar-refractivity contribution in [2.45, 2.75) is 26.7 Å². The van der Waals surface area contributed by atoms with Gasteiger partial charge in [-0.25, -0.2) is 4.98 Å². The highest BCUT2D eigenvalue weighted by Gasteiger charge is 2.09. The number of benzene rings is 1. The summed E-state index contributed by atoms with van der Waals surface area (Å²) in [4.78, 5) is 15.0. The first-order chi connectivity index (χ1) is 8.04. The van der Waals surface area contributed by atoms with Crippen molar-refractivity contribution in [2.75, 3.05) is 0 Å². The molecule has 2 aromatic rings. The predicted octanol–water partition coefficient (Wildman–Crippen LogP) is 3.26. The Labute approximate surface area is 104 Å². The smallest absolute Gasteiger partial charge is 0.303 e. The molecule has 3 nitrogen and oxygen atoms in total. The van der Waals surface area contributed by atoms with Crippen molar-refractivity contribution < 1.29 is 9.90 Å². The molecule has 1 unspecified atom stereocenters. The van der Waals surface area contributed by atoms with E-state index in [0.717, 1.165) is 16.9 Å². The lowest BCUT2D eigenvalue weighted by atomic mass is 9.98. The average Bonchev–Trinajstić information content (AvgIpc) is 2.55. The molecule has 0 spiro atoms. The molecule has 0 aliphatic carbocycles. The van der Waals surface area contributed by atoms with Crippen molar-refractivity contribution in [3.8, 4) is 0 Å². The molecule has 17 heavy (non-hydrogen) atoms. The van der Waals surface area contributed by atoms with Crippen molar-refractivity contribution in [3.05, 3.63) is 28.8 Å². The highest BCUT2D eigenvalue weighted by atomic mass is 32.1. The van der Waals surface area contributed by atoms with Gasteiger partial charge in [0.25, 0.3) is 0 Å². The first-order valence-electron chi connectivity index (χ1n) is 5.62. The summed E-state index contributed by atoms with van der Waals surface area (Å²) in [5, 5.41) is 9.79. The Morgan fingerprint density at radius 2 is 2.29 bits per heavy atom. The molecule has 0 fully saturated rings. The van der Waals surface area contributed by atoms with Crippen molar-refractivity contribution in [2.24, 2.45) is 5.92 Å². The highest BCUT2D eigenvalue weighted by molar-refractivity contribution is 7.18. The van der Waals surface area contributed by atoms with E-state index >= 15 is 0 Å². The molecule has 0 amide bonds. The maximum Gasteiger partial charge on any atom is 0.303 e. The Hall–Kier alpha value is -1.42. The third-order valence-electron chi connectivity index (χ3n) is 2.67. The molecular formula is C13H15NO2S. The van der Waals surface area contributed by atoms with E-state index in [0.29, 0.717) is 0 Å². The van der Waals surface area contributed by atoms with Crippen molar-refractivity contribution in [1.82, 2.24) is 4.98 Å². The molecule has 1 N–H and O–H groups in total. The first-order valence-corrected chi connectivity index (χ1v) is 6.44. The maximum atomic E-state index is 10.6. The van der Waals surface area contributed by atoms with Gasteiger partial charge in [-0.3, -0.25) is 4.79 Å². The van der Waals surface area contributed by atoms with Gasteiger partial charge in [-0.2, -0.15) is 0 Å². The van der Waals surface area contributed by atoms with E-state index in [9.17, 15) is 4.79 Å². The normalized spacial score (nSPS) is 12.8. The van der Waals surface area contributed by atoms with Crippen LogP contribution in [-0.2, 0) is 11.2 Å². The number of aliphatic carboxylic acids is 1. The summed E-state index contributed by atoms with van der Waals surface area (Å²) in [6.07, 6.45) is 1.03. The first kappa shape index (κ1) is 12.0. The number of thiazole rings is 1. The van der Waals surface area contributed by atoms with Gasteiger partial charge >= 0.3 is 5.97 Å². The summed E-state index contributed by atoms with van der Waals surface area (Å²) in [5.74, 6) is -0.564. The molecule has 0 bridgehead atoms. The number of rotatable bonds is 4. The van der Waals surface area contributed by atoms with E-state index in [1.807, 2.05) is 26.0 Å². The fraction of sp³-hybridized carbons (Fsp3) is 0.385. The van der Waals surface area contributed by atoms with E-state index < -0.39 is 5.97 Å². The number of hydrogen-bond donors (Lipinski definition) is 1. The second-order valence-electron chi connectivity index (χ2n) is 4.44. The van der Waals surface area contributed by atoms with Crippen LogP contribution in [0.2, 0.25) is 0 Å². The van der Waals surface area contributed by atoms with Gasteiger partial charge in [-0.1, -0.05) is 13.0 Å². The zero-order valence-electron chi connectivity index (χ0n) is 9.93. The SMILES string of the molecule is Cc1nc2ccc(CC(C)CC(=O)O)cc2s1. The van der Waals surface area contributed by atoms with Crippen molar-refractivity contribution in [1.29, 1.82) is 0 Å². The number of aryl methyl sites for hydroxylation is 1. The third-order valence-corrected chi connectivity index (χ3v) is 3.60. The number of aromatic nitrogens is 1. The van der Waals surface area contributed by atoms with Crippen LogP contribution in [0.3, 0.4) is 0 Å². The van der Waals surface area contributed by atoms with E-state index in [-0.39, 0.29) is 12.3 Å². The molecule has 0 radical (unpaired) electrons. The van der Waals surface area contributed by atoms with Crippen molar-refractivity contribution in [3.63, 3.8) is 0 Å². The summed E-state index contributed by atoms with van der Waals surface area (Å²) < 4.78 is 1.18. The summed E-state index contributed by atoms with van der Waals surface area (Å²) in [6.45, 7) is 3.97. The summed E-state index contributed by atoms with van der Waals surface area (Å²) in [5.41, 5.74) is 2.22. The molecular weight excluding hydrogens is 234 g/mol. The van der Waals surface area contributed by atoms with Gasteiger partial charge in [0.05, 0.1) is 15.2 Å². The van der Waals surface area contributed by atoms with Crippen molar-refractivity contribution >= 4 is 27.5 Å². The van der Waals surface area contributed by atoms with E-state index in [1.54, 1.807) is 11.3 Å². The lowest BCUT2D eigenvalue weighted by Gasteiger charge is -2.08. The number of carboxylic acid groups (broad SMARTS) is 1. The molecule has 1 heterocycles. The van der Waals surface area contributed by atoms with Crippen LogP contribution in [0.5, 0.6) is 0 Å². The zero-order valence-corrected chi connectivity index (χ0v) is 10.8. The number of carbonyl (C=O) groups is 1. The van der Waals surface area contributed by atoms with Crippen LogP contribution in [0.25, 0.3) is 10.2 Å². The van der Waals surface area contributed by atoms with Crippen LogP contribution in [-0.4, -0.2) is 16.1 Å². The van der Waals surface area contributed by atoms with Crippen LogP contribution < -0.4 is 0 Å². The highest BCUT2D eigenvalue weighted by Crippen LogP contribution is 2.24. The minimum Gasteiger partial charge on any atom is -0.481 e. The quantitative estimate of drug-likeness (QED) is 0.904. The summed E-state index contributed by atoms with van der Waals surface area (Å²) in [7, 11) is 0. The minimum atomic E-state index is -0.729. The Balaban J connectivity index is 2.16. The Morgan fingerprint density at radius 1 is 1.53 bits per heavy atom. The summed E-state index contributed by atoms with van der Waals surface area (Å²) >= 11 is 1.68. The lowest BCUT2D eigenvalue weighted by Crippen LogP contribution is -2.06. The van der Waals surface area contributed by atoms with Gasteiger partial charge in [0.15, 0.2) is 0 Å². The molecule has 0 aliphatic rings. The van der Waals surface area contributed by atoms with E-state index in [4.69, 9.17) is 5.11 Å². The molecule has 1 atom stereocenters. The molecule has 2 rings (SSSR count). The standard InChI is InChI=1S/C13H15NO2S/c1-8(6-13(15)16)5-10-3-4-11-12(7-10)17-9(2)14-11/h3-4,7-8H,5-6H2,1-2H3,(H,15,16). The average molecular weight is 249 g/mol. The van der Waals surface area contributed by atoms with Gasteiger partial charge in [-0.05, 0) is 37.0 Å². The van der Waals surface area contributed by atoms with Crippen LogP contribution in [0.4, 0.5) is 0 Å². The Bertz CT molecular complexity index is 547. The van der Waals surface area contributed by atoms with Gasteiger partial charge in [0, 0.05) is 6.42 Å². The molecule has 0 aliphatic heterocycles. The molecule has 0 saturated heterocycles. The molecule has 1 aromatic heterocycles. The fourth-order valence-electron chi connectivity index (χ4n) is 1.98. The molecule has 0 saturated carbocycles. The topological polar surface area (TPSA) is 50.2 Å². The number of carboxylic acids is 1. The lowest BCUT2D eigenvalue weighted by molar-refractivity contribution is -0.137. The molecule has 90 valence electrons. The van der Waals surface area contributed by atoms with Gasteiger partial charge in [-0.15, -0.1) is 11.3 Å². The van der Waals surface area contributed by atoms with E-state index in [1.165, 1.54) is 10.3 Å². The third kappa shape index (κ3) is 3.03. The molecule has 4 heteroatoms. The van der Waals surface area contributed by atoms with Gasteiger partial charge < -0.3 is 5.11 Å². The monoisotopic (exact) mass is 249 g/mol. The van der Waals surface area contributed by atoms with Crippen LogP contribution in [0, 0.1) is 12.8 Å².